The van der Waals surface area contributed by atoms with Gasteiger partial charge in [0.15, 0.2) is 0 Å². The maximum atomic E-state index is 8.48. The summed E-state index contributed by atoms with van der Waals surface area (Å²) >= 11 is 0. The number of ether oxygens (including phenoxy) is 2. The molecule has 0 heterocycles. The second-order valence-electron chi connectivity index (χ2n) is 3.00. The van der Waals surface area contributed by atoms with E-state index in [1.165, 1.54) is 0 Å². The van der Waals surface area contributed by atoms with Gasteiger partial charge < -0.3 is 14.6 Å². The van der Waals surface area contributed by atoms with E-state index in [0.717, 1.165) is 12.8 Å². The molecule has 0 aliphatic carbocycles. The molecular weight excluding hydrogens is 168 g/mol. The van der Waals surface area contributed by atoms with E-state index in [2.05, 4.69) is 13.8 Å². The van der Waals surface area contributed by atoms with E-state index >= 15 is 0 Å². The lowest BCUT2D eigenvalue weighted by molar-refractivity contribution is -0.000291. The molecule has 0 rings (SSSR count). The van der Waals surface area contributed by atoms with Crippen molar-refractivity contribution in [2.45, 2.75) is 39.2 Å². The van der Waals surface area contributed by atoms with Crippen molar-refractivity contribution in [2.75, 3.05) is 26.4 Å². The SMILES string of the molecule is CCC(CC)OCCOCCCO. The van der Waals surface area contributed by atoms with Gasteiger partial charge in [0.25, 0.3) is 0 Å². The Morgan fingerprint density at radius 2 is 1.77 bits per heavy atom. The number of hydrogen-bond acceptors (Lipinski definition) is 3. The van der Waals surface area contributed by atoms with Crippen molar-refractivity contribution in [1.82, 2.24) is 0 Å². The monoisotopic (exact) mass is 190 g/mol. The average Bonchev–Trinajstić information content (AvgIpc) is 2.17. The molecule has 0 atom stereocenters. The highest BCUT2D eigenvalue weighted by Crippen LogP contribution is 2.01. The maximum absolute atomic E-state index is 8.48. The lowest BCUT2D eigenvalue weighted by atomic mass is 10.2. The second kappa shape index (κ2) is 9.96. The Morgan fingerprint density at radius 1 is 1.08 bits per heavy atom. The zero-order valence-corrected chi connectivity index (χ0v) is 8.79. The van der Waals surface area contributed by atoms with Crippen molar-refractivity contribution >= 4 is 0 Å². The summed E-state index contributed by atoms with van der Waals surface area (Å²) in [5.74, 6) is 0. The number of rotatable bonds is 9. The zero-order chi connectivity index (χ0) is 9.94. The van der Waals surface area contributed by atoms with Crippen LogP contribution in [0.1, 0.15) is 33.1 Å². The first-order chi connectivity index (χ1) is 6.35. The van der Waals surface area contributed by atoms with Crippen molar-refractivity contribution in [2.24, 2.45) is 0 Å². The molecule has 13 heavy (non-hydrogen) atoms. The molecule has 0 spiro atoms. The van der Waals surface area contributed by atoms with E-state index in [-0.39, 0.29) is 6.61 Å². The number of aliphatic hydroxyl groups is 1. The Morgan fingerprint density at radius 3 is 2.31 bits per heavy atom. The largest absolute Gasteiger partial charge is 0.396 e. The molecular formula is C10H22O3. The Bertz CT molecular complexity index is 92.2. The van der Waals surface area contributed by atoms with Gasteiger partial charge >= 0.3 is 0 Å². The minimum absolute atomic E-state index is 0.202. The highest BCUT2D eigenvalue weighted by atomic mass is 16.5. The van der Waals surface area contributed by atoms with Crippen LogP contribution in [0, 0.1) is 0 Å². The first kappa shape index (κ1) is 12.9. The van der Waals surface area contributed by atoms with Gasteiger partial charge in [-0.1, -0.05) is 13.8 Å². The predicted molar refractivity (Wildman–Crippen MR) is 52.8 cm³/mol. The molecule has 3 nitrogen and oxygen atoms in total. The average molecular weight is 190 g/mol. The van der Waals surface area contributed by atoms with Gasteiger partial charge in [0.2, 0.25) is 0 Å². The Labute approximate surface area is 81.0 Å². The second-order valence-corrected chi connectivity index (χ2v) is 3.00. The third-order valence-corrected chi connectivity index (χ3v) is 1.94. The van der Waals surface area contributed by atoms with Gasteiger partial charge in [-0.05, 0) is 19.3 Å². The third kappa shape index (κ3) is 8.22. The third-order valence-electron chi connectivity index (χ3n) is 1.94. The maximum Gasteiger partial charge on any atom is 0.0704 e. The molecule has 0 aliphatic heterocycles. The van der Waals surface area contributed by atoms with Gasteiger partial charge in [-0.3, -0.25) is 0 Å². The number of hydrogen-bond donors (Lipinski definition) is 1. The Balaban J connectivity index is 3.05. The summed E-state index contributed by atoms with van der Waals surface area (Å²) < 4.78 is 10.8. The molecule has 0 fully saturated rings. The molecule has 0 saturated carbocycles. The smallest absolute Gasteiger partial charge is 0.0704 e. The van der Waals surface area contributed by atoms with Crippen LogP contribution in [-0.4, -0.2) is 37.6 Å². The van der Waals surface area contributed by atoms with Gasteiger partial charge in [0.1, 0.15) is 0 Å². The van der Waals surface area contributed by atoms with Crippen molar-refractivity contribution in [3.63, 3.8) is 0 Å². The van der Waals surface area contributed by atoms with Crippen molar-refractivity contribution < 1.29 is 14.6 Å². The molecule has 0 bridgehead atoms. The van der Waals surface area contributed by atoms with Gasteiger partial charge in [-0.25, -0.2) is 0 Å². The molecule has 80 valence electrons. The van der Waals surface area contributed by atoms with Crippen LogP contribution in [0.15, 0.2) is 0 Å². The van der Waals surface area contributed by atoms with Crippen LogP contribution in [0.2, 0.25) is 0 Å². The summed E-state index contributed by atoms with van der Waals surface area (Å²) in [6.07, 6.45) is 3.21. The summed E-state index contributed by atoms with van der Waals surface area (Å²) in [6.45, 7) is 6.38. The lowest BCUT2D eigenvalue weighted by Gasteiger charge is -2.13. The fourth-order valence-electron chi connectivity index (χ4n) is 1.07. The Kier molecular flexibility index (Phi) is 9.87. The molecule has 0 aromatic heterocycles. The predicted octanol–water partition coefficient (Wildman–Crippen LogP) is 1.59. The molecule has 0 aromatic carbocycles. The molecule has 0 aromatic rings. The molecule has 0 aliphatic rings. The van der Waals surface area contributed by atoms with Gasteiger partial charge in [-0.15, -0.1) is 0 Å². The van der Waals surface area contributed by atoms with Crippen molar-refractivity contribution in [3.05, 3.63) is 0 Å². The fourth-order valence-corrected chi connectivity index (χ4v) is 1.07. The quantitative estimate of drug-likeness (QED) is 0.561. The molecule has 3 heteroatoms. The van der Waals surface area contributed by atoms with Crippen LogP contribution in [0.5, 0.6) is 0 Å². The molecule has 0 amide bonds. The molecule has 0 unspecified atom stereocenters. The van der Waals surface area contributed by atoms with Gasteiger partial charge in [0, 0.05) is 13.2 Å². The summed E-state index contributed by atoms with van der Waals surface area (Å²) in [4.78, 5) is 0. The van der Waals surface area contributed by atoms with Crippen LogP contribution >= 0.6 is 0 Å². The van der Waals surface area contributed by atoms with E-state index in [1.807, 2.05) is 0 Å². The van der Waals surface area contributed by atoms with E-state index in [1.54, 1.807) is 0 Å². The van der Waals surface area contributed by atoms with E-state index in [9.17, 15) is 0 Å². The zero-order valence-electron chi connectivity index (χ0n) is 8.79. The minimum Gasteiger partial charge on any atom is -0.396 e. The first-order valence-electron chi connectivity index (χ1n) is 5.15. The van der Waals surface area contributed by atoms with Crippen LogP contribution in [-0.2, 0) is 9.47 Å². The highest BCUT2D eigenvalue weighted by Gasteiger charge is 2.01. The van der Waals surface area contributed by atoms with E-state index in [0.29, 0.717) is 32.3 Å². The van der Waals surface area contributed by atoms with Crippen LogP contribution in [0.25, 0.3) is 0 Å². The van der Waals surface area contributed by atoms with E-state index in [4.69, 9.17) is 14.6 Å². The highest BCUT2D eigenvalue weighted by molar-refractivity contribution is 4.50. The summed E-state index contributed by atoms with van der Waals surface area (Å²) in [5, 5.41) is 8.48. The van der Waals surface area contributed by atoms with Crippen LogP contribution in [0.4, 0.5) is 0 Å². The van der Waals surface area contributed by atoms with Crippen molar-refractivity contribution in [1.29, 1.82) is 0 Å². The Hall–Kier alpha value is -0.120. The molecule has 0 radical (unpaired) electrons. The molecule has 0 saturated heterocycles. The normalized spacial score (nSPS) is 11.1. The summed E-state index contributed by atoms with van der Waals surface area (Å²) in [7, 11) is 0. The van der Waals surface area contributed by atoms with Gasteiger partial charge in [-0.2, -0.15) is 0 Å². The number of aliphatic hydroxyl groups excluding tert-OH is 1. The minimum atomic E-state index is 0.202. The van der Waals surface area contributed by atoms with Crippen LogP contribution in [0.3, 0.4) is 0 Å². The summed E-state index contributed by atoms with van der Waals surface area (Å²) in [5.41, 5.74) is 0. The van der Waals surface area contributed by atoms with E-state index < -0.39 is 0 Å². The topological polar surface area (TPSA) is 38.7 Å². The van der Waals surface area contributed by atoms with Crippen molar-refractivity contribution in [3.8, 4) is 0 Å². The fraction of sp³-hybridized carbons (Fsp3) is 1.00. The molecule has 1 N–H and O–H groups in total. The summed E-state index contributed by atoms with van der Waals surface area (Å²) in [6, 6.07) is 0. The lowest BCUT2D eigenvalue weighted by Crippen LogP contribution is -2.14. The standard InChI is InChI=1S/C10H22O3/c1-3-10(4-2)13-9-8-12-7-5-6-11/h10-11H,3-9H2,1-2H3. The first-order valence-corrected chi connectivity index (χ1v) is 5.15. The van der Waals surface area contributed by atoms with Crippen LogP contribution < -0.4 is 0 Å². The van der Waals surface area contributed by atoms with Gasteiger partial charge in [0.05, 0.1) is 19.3 Å².